The van der Waals surface area contributed by atoms with Gasteiger partial charge in [0, 0.05) is 12.1 Å². The summed E-state index contributed by atoms with van der Waals surface area (Å²) >= 11 is 0. The summed E-state index contributed by atoms with van der Waals surface area (Å²) in [6.07, 6.45) is 0. The van der Waals surface area contributed by atoms with Crippen LogP contribution in [0.15, 0.2) is 12.1 Å². The molecule has 2 nitrogen and oxygen atoms in total. The Balaban J connectivity index is 2.69. The molecule has 0 aliphatic heterocycles. The van der Waals surface area contributed by atoms with E-state index in [1.165, 1.54) is 0 Å². The molecule has 1 aromatic heterocycles. The maximum absolute atomic E-state index is 12.9. The van der Waals surface area contributed by atoms with Crippen LogP contribution in [-0.2, 0) is 6.54 Å². The molecule has 0 aliphatic rings. The van der Waals surface area contributed by atoms with Crippen molar-refractivity contribution < 1.29 is 4.39 Å². The third-order valence-electron chi connectivity index (χ3n) is 1.65. The highest BCUT2D eigenvalue weighted by Gasteiger charge is 1.99. The number of nitrogens with one attached hydrogen (secondary N) is 1. The van der Waals surface area contributed by atoms with E-state index >= 15 is 0 Å². The highest BCUT2D eigenvalue weighted by atomic mass is 19.1. The van der Waals surface area contributed by atoms with Gasteiger partial charge in [0.1, 0.15) is 0 Å². The summed E-state index contributed by atoms with van der Waals surface area (Å²) in [6, 6.07) is 3.58. The number of halogens is 1. The minimum atomic E-state index is -0.370. The Kier molecular flexibility index (Phi) is 3.17. The molecular weight excluding hydrogens is 155 g/mol. The lowest BCUT2D eigenvalue weighted by atomic mass is 10.2. The highest BCUT2D eigenvalue weighted by molar-refractivity contribution is 5.13. The number of rotatable bonds is 3. The van der Waals surface area contributed by atoms with E-state index in [-0.39, 0.29) is 5.95 Å². The first-order chi connectivity index (χ1) is 5.74. The average Bonchev–Trinajstić information content (AvgIpc) is 2.07. The van der Waals surface area contributed by atoms with Crippen molar-refractivity contribution in [2.75, 3.05) is 6.54 Å². The zero-order valence-corrected chi connectivity index (χ0v) is 7.39. The number of aryl methyl sites for hydroxylation is 1. The smallest absolute Gasteiger partial charge is 0.216 e. The summed E-state index contributed by atoms with van der Waals surface area (Å²) in [5.74, 6) is -0.370. The van der Waals surface area contributed by atoms with Crippen molar-refractivity contribution in [1.82, 2.24) is 10.3 Å². The van der Waals surface area contributed by atoms with Crippen molar-refractivity contribution >= 4 is 0 Å². The molecule has 0 spiro atoms. The number of nitrogens with zero attached hydrogens (tertiary/aromatic N) is 1. The Morgan fingerprint density at radius 1 is 1.50 bits per heavy atom. The van der Waals surface area contributed by atoms with Crippen LogP contribution in [0.1, 0.15) is 18.2 Å². The van der Waals surface area contributed by atoms with Gasteiger partial charge in [-0.1, -0.05) is 13.0 Å². The lowest BCUT2D eigenvalue weighted by molar-refractivity contribution is 0.561. The predicted molar refractivity (Wildman–Crippen MR) is 46.3 cm³/mol. The van der Waals surface area contributed by atoms with Gasteiger partial charge >= 0.3 is 0 Å². The minimum absolute atomic E-state index is 0.370. The first-order valence-corrected chi connectivity index (χ1v) is 4.06. The Morgan fingerprint density at radius 2 is 2.25 bits per heavy atom. The Hall–Kier alpha value is -0.960. The molecule has 0 saturated heterocycles. The minimum Gasteiger partial charge on any atom is -0.311 e. The van der Waals surface area contributed by atoms with Crippen LogP contribution < -0.4 is 5.32 Å². The fourth-order valence-corrected chi connectivity index (χ4v) is 0.893. The van der Waals surface area contributed by atoms with Crippen molar-refractivity contribution in [1.29, 1.82) is 0 Å². The monoisotopic (exact) mass is 168 g/mol. The molecule has 1 N–H and O–H groups in total. The summed E-state index contributed by atoms with van der Waals surface area (Å²) in [5, 5.41) is 3.08. The van der Waals surface area contributed by atoms with E-state index in [4.69, 9.17) is 0 Å². The van der Waals surface area contributed by atoms with E-state index in [9.17, 15) is 4.39 Å². The van der Waals surface area contributed by atoms with Gasteiger partial charge in [-0.2, -0.15) is 4.39 Å². The van der Waals surface area contributed by atoms with Crippen LogP contribution in [-0.4, -0.2) is 11.5 Å². The SMILES string of the molecule is CCNCc1ccc(C)c(F)n1. The zero-order chi connectivity index (χ0) is 8.97. The van der Waals surface area contributed by atoms with Gasteiger partial charge in [-0.3, -0.25) is 0 Å². The maximum Gasteiger partial charge on any atom is 0.216 e. The van der Waals surface area contributed by atoms with Crippen molar-refractivity contribution in [3.63, 3.8) is 0 Å². The molecule has 0 bridgehead atoms. The lowest BCUT2D eigenvalue weighted by Gasteiger charge is -2.01. The fourth-order valence-electron chi connectivity index (χ4n) is 0.893. The van der Waals surface area contributed by atoms with Gasteiger partial charge in [-0.05, 0) is 19.5 Å². The largest absolute Gasteiger partial charge is 0.311 e. The molecule has 3 heteroatoms. The second-order valence-corrected chi connectivity index (χ2v) is 2.69. The Morgan fingerprint density at radius 3 is 2.83 bits per heavy atom. The molecule has 0 unspecified atom stereocenters. The summed E-state index contributed by atoms with van der Waals surface area (Å²) in [7, 11) is 0. The van der Waals surface area contributed by atoms with Gasteiger partial charge in [0.15, 0.2) is 0 Å². The molecule has 0 saturated carbocycles. The molecule has 0 radical (unpaired) electrons. The van der Waals surface area contributed by atoms with E-state index in [0.717, 1.165) is 12.2 Å². The van der Waals surface area contributed by atoms with Gasteiger partial charge in [0.05, 0.1) is 5.69 Å². The maximum atomic E-state index is 12.9. The first-order valence-electron chi connectivity index (χ1n) is 4.06. The van der Waals surface area contributed by atoms with Crippen molar-refractivity contribution in [3.05, 3.63) is 29.3 Å². The third-order valence-corrected chi connectivity index (χ3v) is 1.65. The van der Waals surface area contributed by atoms with Gasteiger partial charge < -0.3 is 5.32 Å². The second kappa shape index (κ2) is 4.16. The summed E-state index contributed by atoms with van der Waals surface area (Å²) < 4.78 is 12.9. The number of hydrogen-bond donors (Lipinski definition) is 1. The van der Waals surface area contributed by atoms with E-state index in [1.807, 2.05) is 13.0 Å². The average molecular weight is 168 g/mol. The number of pyridine rings is 1. The van der Waals surface area contributed by atoms with E-state index in [0.29, 0.717) is 12.1 Å². The normalized spacial score (nSPS) is 10.2. The van der Waals surface area contributed by atoms with Crippen LogP contribution in [0.2, 0.25) is 0 Å². The van der Waals surface area contributed by atoms with Crippen LogP contribution in [0.4, 0.5) is 4.39 Å². The molecule has 0 aliphatic carbocycles. The summed E-state index contributed by atoms with van der Waals surface area (Å²) in [6.45, 7) is 5.22. The topological polar surface area (TPSA) is 24.9 Å². The number of hydrogen-bond acceptors (Lipinski definition) is 2. The molecule has 1 heterocycles. The van der Waals surface area contributed by atoms with Gasteiger partial charge in [0.2, 0.25) is 5.95 Å². The molecule has 0 amide bonds. The molecule has 0 fully saturated rings. The molecular formula is C9H13FN2. The predicted octanol–water partition coefficient (Wildman–Crippen LogP) is 1.64. The Labute approximate surface area is 71.8 Å². The van der Waals surface area contributed by atoms with Crippen LogP contribution in [0.25, 0.3) is 0 Å². The van der Waals surface area contributed by atoms with Crippen molar-refractivity contribution in [2.45, 2.75) is 20.4 Å². The lowest BCUT2D eigenvalue weighted by Crippen LogP contribution is -2.13. The number of aromatic nitrogens is 1. The van der Waals surface area contributed by atoms with Crippen LogP contribution in [0.5, 0.6) is 0 Å². The molecule has 1 rings (SSSR count). The molecule has 66 valence electrons. The van der Waals surface area contributed by atoms with E-state index in [1.54, 1.807) is 13.0 Å². The molecule has 12 heavy (non-hydrogen) atoms. The fraction of sp³-hybridized carbons (Fsp3) is 0.444. The molecule has 0 aromatic carbocycles. The first kappa shape index (κ1) is 9.13. The van der Waals surface area contributed by atoms with E-state index < -0.39 is 0 Å². The van der Waals surface area contributed by atoms with Gasteiger partial charge in [-0.15, -0.1) is 0 Å². The van der Waals surface area contributed by atoms with Crippen molar-refractivity contribution in [3.8, 4) is 0 Å². The van der Waals surface area contributed by atoms with E-state index in [2.05, 4.69) is 10.3 Å². The van der Waals surface area contributed by atoms with Crippen LogP contribution >= 0.6 is 0 Å². The second-order valence-electron chi connectivity index (χ2n) is 2.69. The summed E-state index contributed by atoms with van der Waals surface area (Å²) in [4.78, 5) is 3.78. The molecule has 0 atom stereocenters. The third kappa shape index (κ3) is 2.27. The quantitative estimate of drug-likeness (QED) is 0.694. The van der Waals surface area contributed by atoms with Crippen molar-refractivity contribution in [2.24, 2.45) is 0 Å². The van der Waals surface area contributed by atoms with Gasteiger partial charge in [0.25, 0.3) is 0 Å². The van der Waals surface area contributed by atoms with Gasteiger partial charge in [-0.25, -0.2) is 4.98 Å². The standard InChI is InChI=1S/C9H13FN2/c1-3-11-6-8-5-4-7(2)9(10)12-8/h4-5,11H,3,6H2,1-2H3. The van der Waals surface area contributed by atoms with Crippen LogP contribution in [0, 0.1) is 12.9 Å². The summed E-state index contributed by atoms with van der Waals surface area (Å²) in [5.41, 5.74) is 1.34. The van der Waals surface area contributed by atoms with Crippen LogP contribution in [0.3, 0.4) is 0 Å². The highest BCUT2D eigenvalue weighted by Crippen LogP contribution is 2.03. The zero-order valence-electron chi connectivity index (χ0n) is 7.39. The molecule has 1 aromatic rings. The Bertz CT molecular complexity index is 261.